The van der Waals surface area contributed by atoms with Gasteiger partial charge in [0.05, 0.1) is 39.4 Å². The smallest absolute Gasteiger partial charge is 0.141 e. The van der Waals surface area contributed by atoms with Gasteiger partial charge in [0.15, 0.2) is 0 Å². The Morgan fingerprint density at radius 1 is 0.458 bits per heavy atom. The number of rotatable bonds is 4. The highest BCUT2D eigenvalue weighted by molar-refractivity contribution is 6.15. The lowest BCUT2D eigenvalue weighted by Crippen LogP contribution is -1.98. The summed E-state index contributed by atoms with van der Waals surface area (Å²) < 4.78 is 4.59. The Morgan fingerprint density at radius 3 is 1.94 bits per heavy atom. The Kier molecular flexibility index (Phi) is 6.18. The first-order valence-corrected chi connectivity index (χ1v) is 15.8. The van der Waals surface area contributed by atoms with Crippen molar-refractivity contribution in [3.8, 4) is 45.9 Å². The number of hydrogen-bond donors (Lipinski definition) is 0. The van der Waals surface area contributed by atoms with E-state index in [2.05, 4.69) is 142 Å². The molecule has 0 aliphatic rings. The molecule has 0 saturated heterocycles. The second-order valence-corrected chi connectivity index (χ2v) is 11.9. The fraction of sp³-hybridized carbons (Fsp3) is 0. The molecule has 0 bridgehead atoms. The number of pyridine rings is 1. The predicted octanol–water partition coefficient (Wildman–Crippen LogP) is 10.4. The molecule has 9 aromatic rings. The van der Waals surface area contributed by atoms with Crippen LogP contribution in [0.4, 0.5) is 0 Å². The third kappa shape index (κ3) is 4.20. The zero-order valence-electron chi connectivity index (χ0n) is 25.7. The van der Waals surface area contributed by atoms with Gasteiger partial charge in [-0.1, -0.05) is 84.9 Å². The lowest BCUT2D eigenvalue weighted by atomic mass is 9.99. The van der Waals surface area contributed by atoms with Gasteiger partial charge in [-0.05, 0) is 72.3 Å². The first-order chi connectivity index (χ1) is 23.7. The molecule has 0 atom stereocenters. The summed E-state index contributed by atoms with van der Waals surface area (Å²) in [6.07, 6.45) is 0. The molecule has 0 amide bonds. The Morgan fingerprint density at radius 2 is 1.15 bits per heavy atom. The largest absolute Gasteiger partial charge is 0.309 e. The highest BCUT2D eigenvalue weighted by Gasteiger charge is 2.19. The van der Waals surface area contributed by atoms with Crippen molar-refractivity contribution in [1.82, 2.24) is 14.1 Å². The van der Waals surface area contributed by atoms with E-state index >= 15 is 0 Å². The molecule has 3 aromatic heterocycles. The van der Waals surface area contributed by atoms with Crippen LogP contribution < -0.4 is 0 Å². The monoisotopic (exact) mass is 611 g/mol. The zero-order valence-corrected chi connectivity index (χ0v) is 25.7. The third-order valence-electron chi connectivity index (χ3n) is 9.16. The maximum absolute atomic E-state index is 10.1. The normalized spacial score (nSPS) is 11.3. The lowest BCUT2D eigenvalue weighted by molar-refractivity contribution is 1.17. The van der Waals surface area contributed by atoms with Crippen LogP contribution in [0.3, 0.4) is 0 Å². The Balaban J connectivity index is 1.33. The van der Waals surface area contributed by atoms with Crippen LogP contribution in [0.2, 0.25) is 0 Å². The van der Waals surface area contributed by atoms with Crippen LogP contribution in [0.25, 0.3) is 77.4 Å². The van der Waals surface area contributed by atoms with E-state index in [9.17, 15) is 10.5 Å². The molecule has 6 aromatic carbocycles. The summed E-state index contributed by atoms with van der Waals surface area (Å²) in [5, 5.41) is 24.3. The summed E-state index contributed by atoms with van der Waals surface area (Å²) in [4.78, 5) is 4.55. The van der Waals surface area contributed by atoms with Crippen molar-refractivity contribution in [2.45, 2.75) is 0 Å². The van der Waals surface area contributed by atoms with Gasteiger partial charge in [-0.15, -0.1) is 0 Å². The van der Waals surface area contributed by atoms with Crippen molar-refractivity contribution >= 4 is 43.6 Å². The first-order valence-electron chi connectivity index (χ1n) is 15.8. The second-order valence-electron chi connectivity index (χ2n) is 11.9. The minimum Gasteiger partial charge on any atom is -0.309 e. The standard InChI is InChI=1S/C43H25N5/c44-26-28-22-30(39-17-8-10-31(27-45)46-39)24-33(23-28)48-41-19-7-4-13-35(41)37-16-9-15-34(43(37)48)29-20-21-42-38(25-29)36-14-5-6-18-40(36)47(42)32-11-2-1-3-12-32/h1-25H. The SMILES string of the molecule is N#Cc1cc(-c2cccc(C#N)n2)cc(-n2c3ccccc3c3cccc(-c4ccc5c(c4)c4ccccc4n5-c4ccccc4)c32)c1. The summed E-state index contributed by atoms with van der Waals surface area (Å²) >= 11 is 0. The number of para-hydroxylation sites is 4. The molecular formula is C43H25N5. The average Bonchev–Trinajstić information content (AvgIpc) is 3.68. The van der Waals surface area contributed by atoms with E-state index in [1.165, 1.54) is 10.8 Å². The summed E-state index contributed by atoms with van der Waals surface area (Å²) in [6, 6.07) is 56.4. The van der Waals surface area contributed by atoms with E-state index in [-0.39, 0.29) is 0 Å². The minimum absolute atomic E-state index is 0.333. The Labute approximate surface area is 276 Å². The molecule has 0 radical (unpaired) electrons. The van der Waals surface area contributed by atoms with Crippen molar-refractivity contribution in [3.63, 3.8) is 0 Å². The maximum Gasteiger partial charge on any atom is 0.141 e. The van der Waals surface area contributed by atoms with Gasteiger partial charge in [0, 0.05) is 44.0 Å². The van der Waals surface area contributed by atoms with Crippen LogP contribution in [0.5, 0.6) is 0 Å². The third-order valence-corrected chi connectivity index (χ3v) is 9.16. The van der Waals surface area contributed by atoms with E-state index in [0.29, 0.717) is 17.0 Å². The molecule has 0 aliphatic carbocycles. The topological polar surface area (TPSA) is 70.3 Å². The van der Waals surface area contributed by atoms with Gasteiger partial charge in [0.1, 0.15) is 11.8 Å². The Hall–Kier alpha value is -6.95. The highest BCUT2D eigenvalue weighted by atomic mass is 15.0. The quantitative estimate of drug-likeness (QED) is 0.199. The average molecular weight is 612 g/mol. The van der Waals surface area contributed by atoms with Crippen molar-refractivity contribution in [3.05, 3.63) is 163 Å². The highest BCUT2D eigenvalue weighted by Crippen LogP contribution is 2.41. The number of nitriles is 2. The van der Waals surface area contributed by atoms with Crippen LogP contribution >= 0.6 is 0 Å². The predicted molar refractivity (Wildman–Crippen MR) is 193 cm³/mol. The van der Waals surface area contributed by atoms with E-state index < -0.39 is 0 Å². The van der Waals surface area contributed by atoms with Crippen LogP contribution in [0.1, 0.15) is 11.3 Å². The molecule has 9 rings (SSSR count). The van der Waals surface area contributed by atoms with E-state index in [0.717, 1.165) is 60.9 Å². The van der Waals surface area contributed by atoms with Gasteiger partial charge in [0.2, 0.25) is 0 Å². The maximum atomic E-state index is 10.1. The van der Waals surface area contributed by atoms with Crippen molar-refractivity contribution in [2.24, 2.45) is 0 Å². The zero-order chi connectivity index (χ0) is 32.2. The van der Waals surface area contributed by atoms with Crippen molar-refractivity contribution < 1.29 is 0 Å². The molecule has 0 saturated carbocycles. The van der Waals surface area contributed by atoms with E-state index in [1.54, 1.807) is 6.07 Å². The number of benzene rings is 6. The van der Waals surface area contributed by atoms with E-state index in [1.807, 2.05) is 30.3 Å². The van der Waals surface area contributed by atoms with E-state index in [4.69, 9.17) is 0 Å². The molecule has 48 heavy (non-hydrogen) atoms. The van der Waals surface area contributed by atoms with Gasteiger partial charge < -0.3 is 9.13 Å². The molecule has 3 heterocycles. The summed E-state index contributed by atoms with van der Waals surface area (Å²) in [6.45, 7) is 0. The number of hydrogen-bond acceptors (Lipinski definition) is 3. The molecule has 222 valence electrons. The van der Waals surface area contributed by atoms with Gasteiger partial charge in [-0.3, -0.25) is 0 Å². The fourth-order valence-corrected chi connectivity index (χ4v) is 7.13. The second kappa shape index (κ2) is 10.8. The van der Waals surface area contributed by atoms with Gasteiger partial charge in [-0.25, -0.2) is 4.98 Å². The fourth-order valence-electron chi connectivity index (χ4n) is 7.13. The van der Waals surface area contributed by atoms with Gasteiger partial charge in [0.25, 0.3) is 0 Å². The molecule has 5 heteroatoms. The summed E-state index contributed by atoms with van der Waals surface area (Å²) in [5.41, 5.74) is 10.9. The first kappa shape index (κ1) is 27.4. The summed E-state index contributed by atoms with van der Waals surface area (Å²) in [5.74, 6) is 0. The van der Waals surface area contributed by atoms with Gasteiger partial charge in [-0.2, -0.15) is 10.5 Å². The number of fused-ring (bicyclic) bond motifs is 6. The molecular weight excluding hydrogens is 587 g/mol. The molecule has 0 spiro atoms. The Bertz CT molecular complexity index is 2810. The van der Waals surface area contributed by atoms with Crippen LogP contribution in [0, 0.1) is 22.7 Å². The lowest BCUT2D eigenvalue weighted by Gasteiger charge is -2.14. The van der Waals surface area contributed by atoms with Crippen LogP contribution in [-0.4, -0.2) is 14.1 Å². The molecule has 0 aliphatic heterocycles. The van der Waals surface area contributed by atoms with Gasteiger partial charge >= 0.3 is 0 Å². The minimum atomic E-state index is 0.333. The molecule has 5 nitrogen and oxygen atoms in total. The van der Waals surface area contributed by atoms with Crippen molar-refractivity contribution in [1.29, 1.82) is 10.5 Å². The summed E-state index contributed by atoms with van der Waals surface area (Å²) in [7, 11) is 0. The molecule has 0 N–H and O–H groups in total. The molecule has 0 unspecified atom stereocenters. The number of nitrogens with zero attached hydrogens (tertiary/aromatic N) is 5. The van der Waals surface area contributed by atoms with Crippen molar-refractivity contribution in [2.75, 3.05) is 0 Å². The van der Waals surface area contributed by atoms with Crippen LogP contribution in [-0.2, 0) is 0 Å². The molecule has 0 fully saturated rings. The number of aromatic nitrogens is 3. The van der Waals surface area contributed by atoms with Crippen LogP contribution in [0.15, 0.2) is 152 Å².